The Hall–Kier alpha value is -3.46. The first-order chi connectivity index (χ1) is 14.4. The van der Waals surface area contributed by atoms with Gasteiger partial charge in [0.2, 0.25) is 10.9 Å². The number of nitro groups is 1. The highest BCUT2D eigenvalue weighted by Crippen LogP contribution is 2.38. The Morgan fingerprint density at radius 3 is 2.73 bits per heavy atom. The maximum Gasteiger partial charge on any atom is 0.315 e. The van der Waals surface area contributed by atoms with Crippen molar-refractivity contribution < 1.29 is 14.4 Å². The second-order valence-corrected chi connectivity index (χ2v) is 7.57. The molecule has 0 bridgehead atoms. The van der Waals surface area contributed by atoms with E-state index in [1.54, 1.807) is 6.07 Å². The number of anilines is 1. The van der Waals surface area contributed by atoms with E-state index in [0.717, 1.165) is 22.4 Å². The van der Waals surface area contributed by atoms with Gasteiger partial charge in [-0.15, -0.1) is 11.3 Å². The number of aromatic nitrogens is 1. The molecule has 2 aromatic carbocycles. The topological polar surface area (TPSA) is 98.9 Å². The molecule has 0 aliphatic carbocycles. The van der Waals surface area contributed by atoms with Crippen LogP contribution in [0, 0.1) is 30.9 Å². The standard InChI is InChI=1S/C21H22N4O4S/c1-13-5-6-14(2)17(7-13)11-29-20-18(25(26)27)8-16(9-19(20)28-4)10-22-24-21-23-15(3)12-30-21/h5-10,12H,11H2,1-4H3,(H,23,24)/b22-10-. The summed E-state index contributed by atoms with van der Waals surface area (Å²) < 4.78 is 11.2. The molecule has 156 valence electrons. The number of nitrogens with zero attached hydrogens (tertiary/aromatic N) is 3. The Morgan fingerprint density at radius 2 is 2.07 bits per heavy atom. The molecule has 0 aliphatic rings. The number of nitro benzene ring substituents is 1. The summed E-state index contributed by atoms with van der Waals surface area (Å²) in [6.45, 7) is 6.04. The quantitative estimate of drug-likeness (QED) is 0.309. The van der Waals surface area contributed by atoms with E-state index >= 15 is 0 Å². The van der Waals surface area contributed by atoms with Gasteiger partial charge in [-0.3, -0.25) is 15.5 Å². The SMILES string of the molecule is COc1cc(/C=N\Nc2nc(C)cs2)cc([N+](=O)[O-])c1OCc1cc(C)ccc1C. The summed E-state index contributed by atoms with van der Waals surface area (Å²) in [4.78, 5) is 15.4. The van der Waals surface area contributed by atoms with Crippen LogP contribution in [0.4, 0.5) is 10.8 Å². The fraction of sp³-hybridized carbons (Fsp3) is 0.238. The molecule has 0 aliphatic heterocycles. The van der Waals surface area contributed by atoms with Gasteiger partial charge in [-0.2, -0.15) is 5.10 Å². The molecule has 1 N–H and O–H groups in total. The predicted molar refractivity (Wildman–Crippen MR) is 118 cm³/mol. The third-order valence-electron chi connectivity index (χ3n) is 4.34. The summed E-state index contributed by atoms with van der Waals surface area (Å²) in [5, 5.41) is 18.3. The Bertz CT molecular complexity index is 1090. The average Bonchev–Trinajstić information content (AvgIpc) is 3.13. The minimum absolute atomic E-state index is 0.0871. The third-order valence-corrected chi connectivity index (χ3v) is 5.21. The van der Waals surface area contributed by atoms with E-state index < -0.39 is 4.92 Å². The van der Waals surface area contributed by atoms with Crippen LogP contribution in [0.2, 0.25) is 0 Å². The number of aryl methyl sites for hydroxylation is 3. The Morgan fingerprint density at radius 1 is 1.27 bits per heavy atom. The molecule has 0 spiro atoms. The fourth-order valence-corrected chi connectivity index (χ4v) is 3.43. The zero-order chi connectivity index (χ0) is 21.7. The maximum atomic E-state index is 11.7. The van der Waals surface area contributed by atoms with Gasteiger partial charge in [-0.25, -0.2) is 4.98 Å². The van der Waals surface area contributed by atoms with Crippen LogP contribution in [-0.4, -0.2) is 23.2 Å². The largest absolute Gasteiger partial charge is 0.493 e. The zero-order valence-corrected chi connectivity index (χ0v) is 17.9. The second kappa shape index (κ2) is 9.36. The monoisotopic (exact) mass is 426 g/mol. The minimum atomic E-state index is -0.490. The number of rotatable bonds is 8. The summed E-state index contributed by atoms with van der Waals surface area (Å²) in [6.07, 6.45) is 1.47. The normalized spacial score (nSPS) is 10.9. The molecule has 0 unspecified atom stereocenters. The molecular weight excluding hydrogens is 404 g/mol. The van der Waals surface area contributed by atoms with Crippen molar-refractivity contribution in [3.8, 4) is 11.5 Å². The third kappa shape index (κ3) is 5.12. The molecule has 0 saturated carbocycles. The van der Waals surface area contributed by atoms with Crippen molar-refractivity contribution in [1.29, 1.82) is 0 Å². The number of hydrazone groups is 1. The van der Waals surface area contributed by atoms with Gasteiger partial charge in [-0.05, 0) is 38.0 Å². The van der Waals surface area contributed by atoms with Crippen LogP contribution < -0.4 is 14.9 Å². The lowest BCUT2D eigenvalue weighted by atomic mass is 10.1. The number of nitrogens with one attached hydrogen (secondary N) is 1. The number of hydrogen-bond acceptors (Lipinski definition) is 8. The van der Waals surface area contributed by atoms with Gasteiger partial charge in [0.25, 0.3) is 0 Å². The highest BCUT2D eigenvalue weighted by Gasteiger charge is 2.22. The molecule has 0 fully saturated rings. The van der Waals surface area contributed by atoms with Gasteiger partial charge < -0.3 is 9.47 Å². The molecule has 8 nitrogen and oxygen atoms in total. The van der Waals surface area contributed by atoms with E-state index in [-0.39, 0.29) is 23.8 Å². The van der Waals surface area contributed by atoms with Crippen LogP contribution in [0.5, 0.6) is 11.5 Å². The van der Waals surface area contributed by atoms with Gasteiger partial charge in [-0.1, -0.05) is 23.8 Å². The summed E-state index contributed by atoms with van der Waals surface area (Å²) in [7, 11) is 1.45. The molecule has 0 atom stereocenters. The average molecular weight is 426 g/mol. The Labute approximate surface area is 178 Å². The van der Waals surface area contributed by atoms with E-state index in [0.29, 0.717) is 10.7 Å². The maximum absolute atomic E-state index is 11.7. The van der Waals surface area contributed by atoms with E-state index in [1.807, 2.05) is 44.4 Å². The van der Waals surface area contributed by atoms with Crippen molar-refractivity contribution in [2.24, 2.45) is 5.10 Å². The van der Waals surface area contributed by atoms with Crippen molar-refractivity contribution >= 4 is 28.4 Å². The molecular formula is C21H22N4O4S. The van der Waals surface area contributed by atoms with Crippen LogP contribution in [0.3, 0.4) is 0 Å². The van der Waals surface area contributed by atoms with Crippen molar-refractivity contribution in [1.82, 2.24) is 4.98 Å². The second-order valence-electron chi connectivity index (χ2n) is 6.71. The first kappa shape index (κ1) is 21.3. The van der Waals surface area contributed by atoms with E-state index in [1.165, 1.54) is 30.7 Å². The summed E-state index contributed by atoms with van der Waals surface area (Å²) >= 11 is 1.42. The first-order valence-electron chi connectivity index (χ1n) is 9.14. The number of hydrogen-bond donors (Lipinski definition) is 1. The minimum Gasteiger partial charge on any atom is -0.493 e. The van der Waals surface area contributed by atoms with Crippen LogP contribution in [0.1, 0.15) is 27.9 Å². The van der Waals surface area contributed by atoms with E-state index in [9.17, 15) is 10.1 Å². The smallest absolute Gasteiger partial charge is 0.315 e. The molecule has 3 aromatic rings. The number of ether oxygens (including phenoxy) is 2. The van der Waals surface area contributed by atoms with Crippen molar-refractivity contribution in [2.75, 3.05) is 12.5 Å². The molecule has 30 heavy (non-hydrogen) atoms. The van der Waals surface area contributed by atoms with Gasteiger partial charge >= 0.3 is 5.69 Å². The molecule has 1 aromatic heterocycles. The van der Waals surface area contributed by atoms with Crippen molar-refractivity contribution in [3.05, 3.63) is 73.8 Å². The van der Waals surface area contributed by atoms with Gasteiger partial charge in [0, 0.05) is 17.0 Å². The van der Waals surface area contributed by atoms with Crippen LogP contribution in [0.25, 0.3) is 0 Å². The highest BCUT2D eigenvalue weighted by molar-refractivity contribution is 7.13. The van der Waals surface area contributed by atoms with Gasteiger partial charge in [0.1, 0.15) is 6.61 Å². The lowest BCUT2D eigenvalue weighted by Crippen LogP contribution is -2.04. The first-order valence-corrected chi connectivity index (χ1v) is 10.0. The Kier molecular flexibility index (Phi) is 6.63. The van der Waals surface area contributed by atoms with E-state index in [4.69, 9.17) is 9.47 Å². The summed E-state index contributed by atoms with van der Waals surface area (Å²) in [5.41, 5.74) is 7.11. The molecule has 9 heteroatoms. The lowest BCUT2D eigenvalue weighted by molar-refractivity contribution is -0.386. The van der Waals surface area contributed by atoms with Gasteiger partial charge in [0.15, 0.2) is 5.75 Å². The number of benzene rings is 2. The van der Waals surface area contributed by atoms with Crippen LogP contribution in [-0.2, 0) is 6.61 Å². The fourth-order valence-electron chi connectivity index (χ4n) is 2.79. The molecule has 0 saturated heterocycles. The van der Waals surface area contributed by atoms with Crippen molar-refractivity contribution in [2.45, 2.75) is 27.4 Å². The molecule has 3 rings (SSSR count). The lowest BCUT2D eigenvalue weighted by Gasteiger charge is -2.13. The van der Waals surface area contributed by atoms with Crippen LogP contribution in [0.15, 0.2) is 40.8 Å². The molecule has 0 amide bonds. The van der Waals surface area contributed by atoms with Crippen LogP contribution >= 0.6 is 11.3 Å². The Balaban J connectivity index is 1.85. The predicted octanol–water partition coefficient (Wildman–Crippen LogP) is 5.01. The molecule has 1 heterocycles. The zero-order valence-electron chi connectivity index (χ0n) is 17.1. The summed E-state index contributed by atoms with van der Waals surface area (Å²) in [6, 6.07) is 9.05. The van der Waals surface area contributed by atoms with E-state index in [2.05, 4.69) is 15.5 Å². The molecule has 0 radical (unpaired) electrons. The van der Waals surface area contributed by atoms with Crippen molar-refractivity contribution in [3.63, 3.8) is 0 Å². The summed E-state index contributed by atoms with van der Waals surface area (Å²) in [5.74, 6) is 0.352. The number of thiazole rings is 1. The highest BCUT2D eigenvalue weighted by atomic mass is 32.1. The number of methoxy groups -OCH3 is 1. The van der Waals surface area contributed by atoms with Gasteiger partial charge in [0.05, 0.1) is 23.9 Å².